The van der Waals surface area contributed by atoms with E-state index in [1.165, 1.54) is 5.56 Å². The van der Waals surface area contributed by atoms with Crippen LogP contribution in [0.1, 0.15) is 5.56 Å². The van der Waals surface area contributed by atoms with Gasteiger partial charge in [-0.1, -0.05) is 101 Å². The topological polar surface area (TPSA) is 20.2 Å². The van der Waals surface area contributed by atoms with Crippen LogP contribution in [0.15, 0.2) is 36.4 Å². The van der Waals surface area contributed by atoms with Crippen molar-refractivity contribution in [3.05, 3.63) is 42.0 Å². The molecule has 0 spiro atoms. The molecule has 130 valence electrons. The van der Waals surface area contributed by atoms with Crippen LogP contribution in [0.2, 0.25) is 58.9 Å². The number of aliphatic hydroxyl groups excluding tert-OH is 1. The predicted molar refractivity (Wildman–Crippen MR) is 117 cm³/mol. The van der Waals surface area contributed by atoms with Gasteiger partial charge in [0.25, 0.3) is 0 Å². The molecule has 1 rings (SSSR count). The standard InChI is InChI=1S/C18H36OSi4/c1-20(2,3)23(21(4,5)6,22(7,8)9)18(19)16-15-17-13-11-10-12-14-17/h10-16,18-19H,1-9H3/b16-15+. The van der Waals surface area contributed by atoms with E-state index in [0.29, 0.717) is 0 Å². The van der Waals surface area contributed by atoms with Gasteiger partial charge in [-0.2, -0.15) is 0 Å². The first kappa shape index (κ1) is 20.8. The van der Waals surface area contributed by atoms with E-state index in [1.807, 2.05) is 6.07 Å². The molecule has 0 radical (unpaired) electrons. The largest absolute Gasteiger partial charge is 0.393 e. The quantitative estimate of drug-likeness (QED) is 0.664. The molecule has 0 heterocycles. The average Bonchev–Trinajstić information content (AvgIpc) is 2.32. The summed E-state index contributed by atoms with van der Waals surface area (Å²) in [5.74, 6) is 0. The Labute approximate surface area is 147 Å². The van der Waals surface area contributed by atoms with Gasteiger partial charge >= 0.3 is 0 Å². The maximum atomic E-state index is 11.5. The molecule has 0 saturated heterocycles. The molecule has 0 aliphatic heterocycles. The zero-order valence-corrected chi connectivity index (χ0v) is 20.6. The lowest BCUT2D eigenvalue weighted by Crippen LogP contribution is -2.87. The zero-order chi connectivity index (χ0) is 18.1. The molecular weight excluding hydrogens is 345 g/mol. The monoisotopic (exact) mass is 380 g/mol. The minimum absolute atomic E-state index is 0.201. The Morgan fingerprint density at radius 2 is 1.13 bits per heavy atom. The summed E-state index contributed by atoms with van der Waals surface area (Å²) in [6.45, 7) is 20.9. The van der Waals surface area contributed by atoms with Crippen LogP contribution in [0, 0.1) is 0 Å². The first-order chi connectivity index (χ1) is 10.2. The van der Waals surface area contributed by atoms with Crippen LogP contribution in [-0.2, 0) is 0 Å². The van der Waals surface area contributed by atoms with Gasteiger partial charge < -0.3 is 5.11 Å². The SMILES string of the molecule is C[Si](C)(C)[Si](C(O)/C=C/c1ccccc1)([Si](C)(C)C)[Si](C)(C)C. The number of aliphatic hydroxyl groups is 1. The van der Waals surface area contributed by atoms with Crippen LogP contribution in [0.4, 0.5) is 0 Å². The van der Waals surface area contributed by atoms with Crippen LogP contribution in [-0.4, -0.2) is 40.2 Å². The molecule has 1 atom stereocenters. The molecular formula is C18H36OSi4. The van der Waals surface area contributed by atoms with E-state index < -0.39 is 29.4 Å². The Bertz CT molecular complexity index is 497. The first-order valence-corrected chi connectivity index (χ1v) is 24.2. The summed E-state index contributed by atoms with van der Waals surface area (Å²) >= 11 is 0. The second kappa shape index (κ2) is 6.96. The molecule has 0 aromatic heterocycles. The lowest BCUT2D eigenvalue weighted by atomic mass is 10.2. The first-order valence-electron chi connectivity index (χ1n) is 8.66. The van der Waals surface area contributed by atoms with Gasteiger partial charge in [0.2, 0.25) is 0 Å². The van der Waals surface area contributed by atoms with Gasteiger partial charge in [0, 0.05) is 22.8 Å². The highest BCUT2D eigenvalue weighted by Crippen LogP contribution is 2.40. The van der Waals surface area contributed by atoms with Crippen molar-refractivity contribution in [3.8, 4) is 0 Å². The van der Waals surface area contributed by atoms with Crippen molar-refractivity contribution in [3.63, 3.8) is 0 Å². The van der Waals surface area contributed by atoms with Gasteiger partial charge in [-0.3, -0.25) is 0 Å². The van der Waals surface area contributed by atoms with Gasteiger partial charge in [-0.25, -0.2) is 0 Å². The molecule has 1 nitrogen and oxygen atoms in total. The molecule has 1 unspecified atom stereocenters. The van der Waals surface area contributed by atoms with Crippen LogP contribution in [0.5, 0.6) is 0 Å². The van der Waals surface area contributed by atoms with Crippen molar-refractivity contribution < 1.29 is 5.11 Å². The Balaban J connectivity index is 3.43. The number of rotatable bonds is 6. The fraction of sp³-hybridized carbons (Fsp3) is 0.556. The number of hydrogen-bond acceptors (Lipinski definition) is 1. The minimum Gasteiger partial charge on any atom is -0.393 e. The highest BCUT2D eigenvalue weighted by atomic mass is 29.9. The minimum atomic E-state index is -1.77. The van der Waals surface area contributed by atoms with Crippen molar-refractivity contribution in [2.75, 3.05) is 0 Å². The Kier molecular flexibility index (Phi) is 6.30. The Morgan fingerprint density at radius 1 is 0.739 bits per heavy atom. The summed E-state index contributed by atoms with van der Waals surface area (Å²) in [7, 11) is -4.34. The summed E-state index contributed by atoms with van der Waals surface area (Å²) in [5, 5.41) is 11.5. The van der Waals surface area contributed by atoms with E-state index in [0.717, 1.165) is 0 Å². The van der Waals surface area contributed by atoms with Crippen LogP contribution in [0.25, 0.3) is 6.08 Å². The lowest BCUT2D eigenvalue weighted by molar-refractivity contribution is 0.297. The molecule has 1 N–H and O–H groups in total. The van der Waals surface area contributed by atoms with Gasteiger partial charge in [0.15, 0.2) is 0 Å². The molecule has 0 fully saturated rings. The molecule has 23 heavy (non-hydrogen) atoms. The molecule has 0 amide bonds. The van der Waals surface area contributed by atoms with Gasteiger partial charge in [-0.15, -0.1) is 0 Å². The highest BCUT2D eigenvalue weighted by Gasteiger charge is 2.64. The second-order valence-corrected chi connectivity index (χ2v) is 50.6. The van der Waals surface area contributed by atoms with Crippen LogP contribution in [0.3, 0.4) is 0 Å². The Morgan fingerprint density at radius 3 is 1.48 bits per heavy atom. The summed E-state index contributed by atoms with van der Waals surface area (Å²) in [4.78, 5) is 0. The maximum absolute atomic E-state index is 11.5. The van der Waals surface area contributed by atoms with Crippen molar-refractivity contribution in [2.45, 2.75) is 64.7 Å². The third-order valence-electron chi connectivity index (χ3n) is 5.26. The van der Waals surface area contributed by atoms with Gasteiger partial charge in [-0.05, 0) is 5.56 Å². The second-order valence-electron chi connectivity index (χ2n) is 9.77. The highest BCUT2D eigenvalue weighted by molar-refractivity contribution is 7.89. The fourth-order valence-electron chi connectivity index (χ4n) is 5.62. The van der Waals surface area contributed by atoms with E-state index >= 15 is 0 Å². The average molecular weight is 381 g/mol. The Hall–Kier alpha value is -0.212. The van der Waals surface area contributed by atoms with Crippen LogP contribution >= 0.6 is 0 Å². The third-order valence-corrected chi connectivity index (χ3v) is 77.9. The van der Waals surface area contributed by atoms with E-state index in [9.17, 15) is 5.11 Å². The third kappa shape index (κ3) is 4.07. The normalized spacial score (nSPS) is 15.9. The molecule has 0 aliphatic carbocycles. The molecule has 0 bridgehead atoms. The zero-order valence-electron chi connectivity index (χ0n) is 16.6. The van der Waals surface area contributed by atoms with Gasteiger partial charge in [0.05, 0.1) is 12.4 Å². The predicted octanol–water partition coefficient (Wildman–Crippen LogP) is 5.30. The van der Waals surface area contributed by atoms with Crippen molar-refractivity contribution in [1.82, 2.24) is 0 Å². The number of hydrogen-bond donors (Lipinski definition) is 1. The molecule has 1 aromatic carbocycles. The van der Waals surface area contributed by atoms with E-state index in [-0.39, 0.29) is 5.73 Å². The van der Waals surface area contributed by atoms with Crippen LogP contribution < -0.4 is 0 Å². The van der Waals surface area contributed by atoms with E-state index in [1.54, 1.807) is 0 Å². The maximum Gasteiger partial charge on any atom is 0.0750 e. The van der Waals surface area contributed by atoms with E-state index in [2.05, 4.69) is 95.3 Å². The lowest BCUT2D eigenvalue weighted by Gasteiger charge is -2.59. The molecule has 1 aromatic rings. The fourth-order valence-corrected chi connectivity index (χ4v) is 105. The summed E-state index contributed by atoms with van der Waals surface area (Å²) in [5.41, 5.74) is 0.990. The molecule has 5 heteroatoms. The van der Waals surface area contributed by atoms with Crippen molar-refractivity contribution >= 4 is 35.5 Å². The summed E-state index contributed by atoms with van der Waals surface area (Å²) < 4.78 is 0. The number of benzene rings is 1. The van der Waals surface area contributed by atoms with Gasteiger partial charge in [0.1, 0.15) is 0 Å². The van der Waals surface area contributed by atoms with Crippen molar-refractivity contribution in [1.29, 1.82) is 0 Å². The summed E-state index contributed by atoms with van der Waals surface area (Å²) in [6.07, 6.45) is 4.29. The summed E-state index contributed by atoms with van der Waals surface area (Å²) in [6, 6.07) is 10.4. The molecule has 0 aliphatic rings. The molecule has 0 saturated carbocycles. The van der Waals surface area contributed by atoms with Crippen molar-refractivity contribution in [2.24, 2.45) is 0 Å². The van der Waals surface area contributed by atoms with E-state index in [4.69, 9.17) is 0 Å². The smallest absolute Gasteiger partial charge is 0.0750 e.